The quantitative estimate of drug-likeness (QED) is 0.612. The number of nitrogens with one attached hydrogen (secondary N) is 3. The van der Waals surface area contributed by atoms with Gasteiger partial charge in [0.15, 0.2) is 0 Å². The van der Waals surface area contributed by atoms with E-state index < -0.39 is 10.0 Å². The molecule has 0 saturated carbocycles. The third-order valence-electron chi connectivity index (χ3n) is 2.42. The molecule has 1 rings (SSSR count). The van der Waals surface area contributed by atoms with Gasteiger partial charge in [-0.1, -0.05) is 11.6 Å². The molecule has 0 fully saturated rings. The van der Waals surface area contributed by atoms with Crippen molar-refractivity contribution in [3.8, 4) is 0 Å². The number of anilines is 1. The molecular weight excluding hydrogens is 316 g/mol. The number of amides is 1. The minimum absolute atomic E-state index is 0.145. The lowest BCUT2D eigenvalue weighted by molar-refractivity contribution is 0.0948. The highest BCUT2D eigenvalue weighted by atomic mass is 35.5. The summed E-state index contributed by atoms with van der Waals surface area (Å²) in [5, 5.41) is 5.91. The molecule has 9 heteroatoms. The second-order valence-electron chi connectivity index (χ2n) is 4.33. The fraction of sp³-hybridized carbons (Fsp3) is 0.500. The summed E-state index contributed by atoms with van der Waals surface area (Å²) in [6.07, 6.45) is 1.56. The van der Waals surface area contributed by atoms with Gasteiger partial charge in [-0.25, -0.2) is 18.1 Å². The van der Waals surface area contributed by atoms with Crippen molar-refractivity contribution in [3.63, 3.8) is 0 Å². The van der Waals surface area contributed by atoms with E-state index in [9.17, 15) is 13.2 Å². The van der Waals surface area contributed by atoms with Crippen molar-refractivity contribution >= 4 is 33.3 Å². The molecule has 0 saturated heterocycles. The molecule has 1 heterocycles. The number of pyridine rings is 1. The van der Waals surface area contributed by atoms with Crippen LogP contribution in [0.15, 0.2) is 12.1 Å². The SMILES string of the molecule is CCNc1ccc(Cl)c(C(=O)NCCCNS(C)(=O)=O)n1. The lowest BCUT2D eigenvalue weighted by atomic mass is 10.3. The first-order valence-electron chi connectivity index (χ1n) is 6.46. The Bertz CT molecular complexity index is 592. The van der Waals surface area contributed by atoms with E-state index in [0.29, 0.717) is 25.3 Å². The highest BCUT2D eigenvalue weighted by Crippen LogP contribution is 2.16. The number of hydrogen-bond donors (Lipinski definition) is 3. The number of carbonyl (C=O) groups excluding carboxylic acids is 1. The van der Waals surface area contributed by atoms with Gasteiger partial charge in [0, 0.05) is 19.6 Å². The van der Waals surface area contributed by atoms with Gasteiger partial charge in [-0.15, -0.1) is 0 Å². The van der Waals surface area contributed by atoms with Crippen LogP contribution in [0.4, 0.5) is 5.82 Å². The summed E-state index contributed by atoms with van der Waals surface area (Å²) in [5.41, 5.74) is 0.145. The van der Waals surface area contributed by atoms with Crippen LogP contribution in [0, 0.1) is 0 Å². The minimum Gasteiger partial charge on any atom is -0.370 e. The number of hydrogen-bond acceptors (Lipinski definition) is 5. The van der Waals surface area contributed by atoms with Crippen LogP contribution in [0.1, 0.15) is 23.8 Å². The Morgan fingerprint density at radius 2 is 2.05 bits per heavy atom. The van der Waals surface area contributed by atoms with Gasteiger partial charge < -0.3 is 10.6 Å². The van der Waals surface area contributed by atoms with Gasteiger partial charge in [-0.3, -0.25) is 4.79 Å². The van der Waals surface area contributed by atoms with E-state index in [1.165, 1.54) is 0 Å². The molecule has 0 spiro atoms. The predicted molar refractivity (Wildman–Crippen MR) is 83.2 cm³/mol. The average Bonchev–Trinajstić information content (AvgIpc) is 2.39. The maximum Gasteiger partial charge on any atom is 0.271 e. The molecular formula is C12H19ClN4O3S. The molecule has 0 bridgehead atoms. The van der Waals surface area contributed by atoms with Crippen LogP contribution < -0.4 is 15.4 Å². The van der Waals surface area contributed by atoms with E-state index in [1.807, 2.05) is 6.92 Å². The number of aromatic nitrogens is 1. The van der Waals surface area contributed by atoms with Crippen molar-refractivity contribution in [2.75, 3.05) is 31.2 Å². The summed E-state index contributed by atoms with van der Waals surface area (Å²) < 4.78 is 24.1. The largest absolute Gasteiger partial charge is 0.370 e. The Morgan fingerprint density at radius 3 is 2.67 bits per heavy atom. The summed E-state index contributed by atoms with van der Waals surface area (Å²) in [5.74, 6) is 0.185. The third kappa shape index (κ3) is 6.74. The van der Waals surface area contributed by atoms with Crippen LogP contribution in [0.25, 0.3) is 0 Å². The molecule has 118 valence electrons. The van der Waals surface area contributed by atoms with Crippen molar-refractivity contribution < 1.29 is 13.2 Å². The molecule has 1 aromatic heterocycles. The summed E-state index contributed by atoms with van der Waals surface area (Å²) in [7, 11) is -3.20. The first-order chi connectivity index (χ1) is 9.83. The molecule has 0 atom stereocenters. The van der Waals surface area contributed by atoms with Crippen LogP contribution >= 0.6 is 11.6 Å². The molecule has 0 unspecified atom stereocenters. The van der Waals surface area contributed by atoms with Crippen LogP contribution in [0.2, 0.25) is 5.02 Å². The van der Waals surface area contributed by atoms with Crippen LogP contribution in [-0.4, -0.2) is 45.2 Å². The smallest absolute Gasteiger partial charge is 0.271 e. The van der Waals surface area contributed by atoms with E-state index in [2.05, 4.69) is 20.3 Å². The molecule has 0 aromatic carbocycles. The zero-order valence-corrected chi connectivity index (χ0v) is 13.5. The fourth-order valence-electron chi connectivity index (χ4n) is 1.51. The fourth-order valence-corrected chi connectivity index (χ4v) is 2.22. The van der Waals surface area contributed by atoms with Gasteiger partial charge in [0.2, 0.25) is 10.0 Å². The van der Waals surface area contributed by atoms with Gasteiger partial charge in [0.25, 0.3) is 5.91 Å². The van der Waals surface area contributed by atoms with E-state index in [-0.39, 0.29) is 23.2 Å². The highest BCUT2D eigenvalue weighted by molar-refractivity contribution is 7.88. The molecule has 0 aliphatic carbocycles. The molecule has 3 N–H and O–H groups in total. The van der Waals surface area contributed by atoms with Crippen molar-refractivity contribution in [3.05, 3.63) is 22.8 Å². The zero-order chi connectivity index (χ0) is 15.9. The van der Waals surface area contributed by atoms with Crippen molar-refractivity contribution in [2.24, 2.45) is 0 Å². The maximum absolute atomic E-state index is 12.0. The van der Waals surface area contributed by atoms with Gasteiger partial charge in [0.1, 0.15) is 11.5 Å². The molecule has 0 aliphatic rings. The molecule has 1 aromatic rings. The lowest BCUT2D eigenvalue weighted by Gasteiger charge is -2.08. The Morgan fingerprint density at radius 1 is 1.33 bits per heavy atom. The summed E-state index contributed by atoms with van der Waals surface area (Å²) in [6.45, 7) is 3.19. The Labute approximate surface area is 129 Å². The van der Waals surface area contributed by atoms with E-state index in [4.69, 9.17) is 11.6 Å². The van der Waals surface area contributed by atoms with Crippen LogP contribution in [-0.2, 0) is 10.0 Å². The van der Waals surface area contributed by atoms with Gasteiger partial charge in [-0.2, -0.15) is 0 Å². The van der Waals surface area contributed by atoms with E-state index in [0.717, 1.165) is 6.26 Å². The number of halogens is 1. The molecule has 1 amide bonds. The first-order valence-corrected chi connectivity index (χ1v) is 8.73. The summed E-state index contributed by atoms with van der Waals surface area (Å²) >= 11 is 5.95. The number of rotatable bonds is 8. The predicted octanol–water partition coefficient (Wildman–Crippen LogP) is 0.836. The summed E-state index contributed by atoms with van der Waals surface area (Å²) in [6, 6.07) is 3.30. The van der Waals surface area contributed by atoms with E-state index in [1.54, 1.807) is 12.1 Å². The van der Waals surface area contributed by atoms with Crippen molar-refractivity contribution in [1.29, 1.82) is 0 Å². The van der Waals surface area contributed by atoms with Gasteiger partial charge in [0.05, 0.1) is 11.3 Å². The number of carbonyl (C=O) groups is 1. The lowest BCUT2D eigenvalue weighted by Crippen LogP contribution is -2.30. The normalized spacial score (nSPS) is 11.2. The minimum atomic E-state index is -3.20. The van der Waals surface area contributed by atoms with Crippen LogP contribution in [0.5, 0.6) is 0 Å². The van der Waals surface area contributed by atoms with Gasteiger partial charge >= 0.3 is 0 Å². The second kappa shape index (κ2) is 8.16. The molecule has 21 heavy (non-hydrogen) atoms. The average molecular weight is 335 g/mol. The molecule has 0 radical (unpaired) electrons. The Balaban J connectivity index is 2.50. The standard InChI is InChI=1S/C12H19ClN4O3S/c1-3-14-10-6-5-9(13)11(17-10)12(18)15-7-4-8-16-21(2,19)20/h5-6,16H,3-4,7-8H2,1-2H3,(H,14,17)(H,15,18). The monoisotopic (exact) mass is 334 g/mol. The van der Waals surface area contributed by atoms with E-state index >= 15 is 0 Å². The third-order valence-corrected chi connectivity index (χ3v) is 3.46. The Kier molecular flexibility index (Phi) is 6.86. The van der Waals surface area contributed by atoms with Gasteiger partial charge in [-0.05, 0) is 25.5 Å². The first kappa shape index (κ1) is 17.7. The highest BCUT2D eigenvalue weighted by Gasteiger charge is 2.12. The zero-order valence-electron chi connectivity index (χ0n) is 11.9. The topological polar surface area (TPSA) is 100 Å². The molecule has 0 aliphatic heterocycles. The van der Waals surface area contributed by atoms with Crippen LogP contribution in [0.3, 0.4) is 0 Å². The number of nitrogens with zero attached hydrogens (tertiary/aromatic N) is 1. The number of sulfonamides is 1. The second-order valence-corrected chi connectivity index (χ2v) is 6.57. The van der Waals surface area contributed by atoms with Crippen molar-refractivity contribution in [1.82, 2.24) is 15.0 Å². The van der Waals surface area contributed by atoms with Crippen molar-refractivity contribution in [2.45, 2.75) is 13.3 Å². The summed E-state index contributed by atoms with van der Waals surface area (Å²) in [4.78, 5) is 16.1. The molecule has 7 nitrogen and oxygen atoms in total. The maximum atomic E-state index is 12.0. The Hall–Kier alpha value is -1.38.